The van der Waals surface area contributed by atoms with Crippen molar-refractivity contribution in [2.24, 2.45) is 11.8 Å². The molecule has 0 N–H and O–H groups in total. The van der Waals surface area contributed by atoms with Crippen molar-refractivity contribution in [2.75, 3.05) is 28.1 Å². The lowest BCUT2D eigenvalue weighted by atomic mass is 9.85. The second-order valence-electron chi connectivity index (χ2n) is 7.18. The molecule has 1 fully saturated rings. The maximum Gasteiger partial charge on any atom is 0.309 e. The molecule has 2 aliphatic rings. The Bertz CT molecular complexity index is 953. The minimum Gasteiger partial charge on any atom is -0.493 e. The zero-order valence-corrected chi connectivity index (χ0v) is 17.1. The summed E-state index contributed by atoms with van der Waals surface area (Å²) in [6.45, 7) is 4.07. The van der Waals surface area contributed by atoms with Crippen LogP contribution < -0.4 is 23.7 Å². The number of hydrogen-bond donors (Lipinski definition) is 0. The minimum atomic E-state index is -0.438. The Labute approximate surface area is 169 Å². The highest BCUT2D eigenvalue weighted by molar-refractivity contribution is 5.83. The Balaban J connectivity index is 1.97. The van der Waals surface area contributed by atoms with Crippen molar-refractivity contribution >= 4 is 5.97 Å². The summed E-state index contributed by atoms with van der Waals surface area (Å²) in [5, 5.41) is 0. The third-order valence-corrected chi connectivity index (χ3v) is 5.71. The maximum atomic E-state index is 12.3. The molecule has 0 aromatic heterocycles. The summed E-state index contributed by atoms with van der Waals surface area (Å²) in [6, 6.07) is 7.52. The topological polar surface area (TPSA) is 72.5 Å². The van der Waals surface area contributed by atoms with Crippen LogP contribution in [0.15, 0.2) is 24.3 Å². The van der Waals surface area contributed by atoms with E-state index in [2.05, 4.69) is 0 Å². The van der Waals surface area contributed by atoms with Gasteiger partial charge in [-0.25, -0.2) is 0 Å². The second kappa shape index (κ2) is 7.39. The quantitative estimate of drug-likeness (QED) is 0.703. The van der Waals surface area contributed by atoms with Gasteiger partial charge in [0.2, 0.25) is 12.5 Å². The molecule has 0 aliphatic carbocycles. The monoisotopic (exact) mass is 400 g/mol. The standard InChI is InChI=1S/C22H24O7/c1-11-12(2)22(23)29-19(11)14-9-17(24-3)20(25-4)21(26-5)18(14)13-6-7-15-16(8-13)28-10-27-15/h6-9,11-12,19H,10H2,1-5H3/t11-,12-,19+/m1/s1. The van der Waals surface area contributed by atoms with E-state index in [1.807, 2.05) is 38.1 Å². The molecule has 0 spiro atoms. The Morgan fingerprint density at radius 3 is 2.28 bits per heavy atom. The van der Waals surface area contributed by atoms with E-state index < -0.39 is 6.10 Å². The number of carbonyl (C=O) groups is 1. The van der Waals surface area contributed by atoms with E-state index in [9.17, 15) is 4.79 Å². The molecule has 0 amide bonds. The van der Waals surface area contributed by atoms with E-state index in [-0.39, 0.29) is 24.6 Å². The van der Waals surface area contributed by atoms with Gasteiger partial charge in [-0.15, -0.1) is 0 Å². The fourth-order valence-electron chi connectivity index (χ4n) is 3.91. The average molecular weight is 400 g/mol. The van der Waals surface area contributed by atoms with Crippen molar-refractivity contribution in [3.05, 3.63) is 29.8 Å². The molecule has 2 aliphatic heterocycles. The number of esters is 1. The number of hydrogen-bond acceptors (Lipinski definition) is 7. The minimum absolute atomic E-state index is 0.0157. The molecule has 2 aromatic carbocycles. The highest BCUT2D eigenvalue weighted by Gasteiger charge is 2.42. The summed E-state index contributed by atoms with van der Waals surface area (Å²) in [4.78, 5) is 12.3. The van der Waals surface area contributed by atoms with E-state index >= 15 is 0 Å². The molecule has 1 saturated heterocycles. The Morgan fingerprint density at radius 1 is 0.931 bits per heavy atom. The van der Waals surface area contributed by atoms with Crippen LogP contribution in [0.2, 0.25) is 0 Å². The number of benzene rings is 2. The van der Waals surface area contributed by atoms with Gasteiger partial charge in [0.25, 0.3) is 0 Å². The predicted octanol–water partition coefficient (Wildman–Crippen LogP) is 3.98. The Hall–Kier alpha value is -3.09. The summed E-state index contributed by atoms with van der Waals surface area (Å²) in [7, 11) is 4.70. The van der Waals surface area contributed by atoms with E-state index in [4.69, 9.17) is 28.4 Å². The SMILES string of the molecule is COc1cc([C@H]2OC(=O)[C@H](C)[C@H]2C)c(-c2ccc3c(c2)OCO3)c(OC)c1OC. The van der Waals surface area contributed by atoms with Crippen LogP contribution >= 0.6 is 0 Å². The first-order valence-electron chi connectivity index (χ1n) is 9.43. The lowest BCUT2D eigenvalue weighted by Gasteiger charge is -2.24. The molecule has 2 aromatic rings. The molecular weight excluding hydrogens is 376 g/mol. The fraction of sp³-hybridized carbons (Fsp3) is 0.409. The van der Waals surface area contributed by atoms with Gasteiger partial charge in [-0.3, -0.25) is 4.79 Å². The van der Waals surface area contributed by atoms with E-state index in [1.165, 1.54) is 0 Å². The van der Waals surface area contributed by atoms with Crippen LogP contribution in [0.1, 0.15) is 25.5 Å². The Morgan fingerprint density at radius 2 is 1.66 bits per heavy atom. The molecule has 3 atom stereocenters. The van der Waals surface area contributed by atoms with Crippen molar-refractivity contribution in [3.63, 3.8) is 0 Å². The third kappa shape index (κ3) is 3.01. The molecule has 2 heterocycles. The fourth-order valence-corrected chi connectivity index (χ4v) is 3.91. The molecular formula is C22H24O7. The molecule has 7 heteroatoms. The molecule has 154 valence electrons. The van der Waals surface area contributed by atoms with Crippen molar-refractivity contribution in [1.82, 2.24) is 0 Å². The van der Waals surface area contributed by atoms with Crippen LogP contribution in [-0.4, -0.2) is 34.1 Å². The van der Waals surface area contributed by atoms with Crippen LogP contribution in [0.25, 0.3) is 11.1 Å². The highest BCUT2D eigenvalue weighted by atomic mass is 16.7. The van der Waals surface area contributed by atoms with Gasteiger partial charge in [0.05, 0.1) is 27.2 Å². The number of carbonyl (C=O) groups excluding carboxylic acids is 1. The van der Waals surface area contributed by atoms with Crippen LogP contribution in [0.5, 0.6) is 28.7 Å². The largest absolute Gasteiger partial charge is 0.493 e. The van der Waals surface area contributed by atoms with Gasteiger partial charge < -0.3 is 28.4 Å². The van der Waals surface area contributed by atoms with Crippen LogP contribution in [-0.2, 0) is 9.53 Å². The number of rotatable bonds is 5. The summed E-state index contributed by atoms with van der Waals surface area (Å²) >= 11 is 0. The predicted molar refractivity (Wildman–Crippen MR) is 105 cm³/mol. The molecule has 0 radical (unpaired) electrons. The number of methoxy groups -OCH3 is 3. The number of ether oxygens (including phenoxy) is 6. The van der Waals surface area contributed by atoms with E-state index in [0.29, 0.717) is 28.7 Å². The van der Waals surface area contributed by atoms with Gasteiger partial charge in [-0.1, -0.05) is 19.9 Å². The van der Waals surface area contributed by atoms with Crippen LogP contribution in [0.3, 0.4) is 0 Å². The van der Waals surface area contributed by atoms with Gasteiger partial charge in [0.15, 0.2) is 23.0 Å². The van der Waals surface area contributed by atoms with Gasteiger partial charge in [0, 0.05) is 17.0 Å². The third-order valence-electron chi connectivity index (χ3n) is 5.71. The lowest BCUT2D eigenvalue weighted by molar-refractivity contribution is -0.144. The maximum absolute atomic E-state index is 12.3. The van der Waals surface area contributed by atoms with E-state index in [0.717, 1.165) is 16.7 Å². The zero-order chi connectivity index (χ0) is 20.7. The molecule has 29 heavy (non-hydrogen) atoms. The van der Waals surface area contributed by atoms with Crippen molar-refractivity contribution in [3.8, 4) is 39.9 Å². The summed E-state index contributed by atoms with van der Waals surface area (Å²) in [6.07, 6.45) is -0.438. The van der Waals surface area contributed by atoms with Gasteiger partial charge >= 0.3 is 5.97 Å². The smallest absolute Gasteiger partial charge is 0.309 e. The molecule has 7 nitrogen and oxygen atoms in total. The molecule has 4 rings (SSSR count). The lowest BCUT2D eigenvalue weighted by Crippen LogP contribution is -2.11. The first-order valence-corrected chi connectivity index (χ1v) is 9.43. The summed E-state index contributed by atoms with van der Waals surface area (Å²) in [5.41, 5.74) is 2.40. The summed E-state index contributed by atoms with van der Waals surface area (Å²) in [5.74, 6) is 2.38. The zero-order valence-electron chi connectivity index (χ0n) is 17.1. The average Bonchev–Trinajstić information content (AvgIpc) is 3.31. The number of cyclic esters (lactones) is 1. The highest BCUT2D eigenvalue weighted by Crippen LogP contribution is 2.53. The molecule has 0 saturated carbocycles. The van der Waals surface area contributed by atoms with Crippen molar-refractivity contribution < 1.29 is 33.2 Å². The number of fused-ring (bicyclic) bond motifs is 1. The first kappa shape index (κ1) is 19.2. The van der Waals surface area contributed by atoms with Gasteiger partial charge in [-0.05, 0) is 23.8 Å². The van der Waals surface area contributed by atoms with Gasteiger partial charge in [-0.2, -0.15) is 0 Å². The second-order valence-corrected chi connectivity index (χ2v) is 7.18. The van der Waals surface area contributed by atoms with E-state index in [1.54, 1.807) is 21.3 Å². The summed E-state index contributed by atoms with van der Waals surface area (Å²) < 4.78 is 33.6. The first-order chi connectivity index (χ1) is 14.0. The molecule has 0 bridgehead atoms. The van der Waals surface area contributed by atoms with Crippen LogP contribution in [0, 0.1) is 11.8 Å². The normalized spacial score (nSPS) is 22.4. The van der Waals surface area contributed by atoms with Crippen molar-refractivity contribution in [1.29, 1.82) is 0 Å². The Kier molecular flexibility index (Phi) is 4.90. The van der Waals surface area contributed by atoms with Gasteiger partial charge in [0.1, 0.15) is 6.10 Å². The molecule has 0 unspecified atom stereocenters. The van der Waals surface area contributed by atoms with Crippen molar-refractivity contribution in [2.45, 2.75) is 20.0 Å². The van der Waals surface area contributed by atoms with Crippen LogP contribution in [0.4, 0.5) is 0 Å².